The zero-order chi connectivity index (χ0) is 16.6. The quantitative estimate of drug-likeness (QED) is 0.745. The number of rotatable bonds is 4. The number of halogens is 1. The number of ketones is 1. The Hall–Kier alpha value is -2.80. The Morgan fingerprint density at radius 1 is 1.09 bits per heavy atom. The highest BCUT2D eigenvalue weighted by Crippen LogP contribution is 2.21. The van der Waals surface area contributed by atoms with Crippen LogP contribution in [-0.4, -0.2) is 21.4 Å². The van der Waals surface area contributed by atoms with E-state index >= 15 is 0 Å². The molecule has 1 N–H and O–H groups in total. The fourth-order valence-electron chi connectivity index (χ4n) is 2.26. The number of carboxylic acids is 1. The largest absolute Gasteiger partial charge is 0.480 e. The van der Waals surface area contributed by atoms with Crippen LogP contribution in [0.4, 0.5) is 4.39 Å². The second-order valence-electron chi connectivity index (χ2n) is 4.87. The summed E-state index contributed by atoms with van der Waals surface area (Å²) in [6.07, 6.45) is 0. The summed E-state index contributed by atoms with van der Waals surface area (Å²) in [6, 6.07) is 9.80. The lowest BCUT2D eigenvalue weighted by atomic mass is 10.0. The van der Waals surface area contributed by atoms with Crippen molar-refractivity contribution in [2.24, 2.45) is 0 Å². The van der Waals surface area contributed by atoms with Crippen LogP contribution in [0.15, 0.2) is 47.3 Å². The molecule has 3 rings (SSSR count). The average molecular weight is 331 g/mol. The molecule has 2 aromatic carbocycles. The number of hydrogen-bond donors (Lipinski definition) is 1. The van der Waals surface area contributed by atoms with Gasteiger partial charge >= 0.3 is 10.8 Å². The van der Waals surface area contributed by atoms with Gasteiger partial charge in [-0.05, 0) is 42.5 Å². The third kappa shape index (κ3) is 2.91. The molecule has 0 atom stereocenters. The van der Waals surface area contributed by atoms with Gasteiger partial charge in [-0.15, -0.1) is 0 Å². The summed E-state index contributed by atoms with van der Waals surface area (Å²) in [6.45, 7) is -0.426. The summed E-state index contributed by atoms with van der Waals surface area (Å²) in [4.78, 5) is 34.6. The van der Waals surface area contributed by atoms with Crippen molar-refractivity contribution in [3.63, 3.8) is 0 Å². The molecule has 23 heavy (non-hydrogen) atoms. The van der Waals surface area contributed by atoms with Gasteiger partial charge in [-0.1, -0.05) is 11.3 Å². The normalized spacial score (nSPS) is 10.8. The van der Waals surface area contributed by atoms with E-state index in [1.54, 1.807) is 12.1 Å². The Kier molecular flexibility index (Phi) is 3.79. The number of carbonyl (C=O) groups is 2. The van der Waals surface area contributed by atoms with Gasteiger partial charge in [0.25, 0.3) is 0 Å². The highest BCUT2D eigenvalue weighted by molar-refractivity contribution is 7.16. The first kappa shape index (κ1) is 15.1. The summed E-state index contributed by atoms with van der Waals surface area (Å²) in [5, 5.41) is 8.84. The van der Waals surface area contributed by atoms with Gasteiger partial charge < -0.3 is 5.11 Å². The molecule has 0 aliphatic rings. The molecule has 0 saturated carbocycles. The van der Waals surface area contributed by atoms with E-state index in [1.807, 2.05) is 0 Å². The fourth-order valence-corrected chi connectivity index (χ4v) is 3.19. The minimum absolute atomic E-state index is 0.294. The number of carboxylic acid groups (broad SMARTS) is 1. The summed E-state index contributed by atoms with van der Waals surface area (Å²) in [5.74, 6) is -1.84. The molecule has 0 aliphatic heterocycles. The Morgan fingerprint density at radius 2 is 1.74 bits per heavy atom. The van der Waals surface area contributed by atoms with Crippen LogP contribution in [-0.2, 0) is 11.3 Å². The van der Waals surface area contributed by atoms with Crippen molar-refractivity contribution in [2.45, 2.75) is 6.54 Å². The van der Waals surface area contributed by atoms with E-state index < -0.39 is 23.2 Å². The molecule has 0 bridgehead atoms. The maximum atomic E-state index is 12.9. The Balaban J connectivity index is 2.03. The van der Waals surface area contributed by atoms with Gasteiger partial charge in [-0.25, -0.2) is 4.39 Å². The van der Waals surface area contributed by atoms with Crippen LogP contribution >= 0.6 is 11.3 Å². The van der Waals surface area contributed by atoms with Crippen LogP contribution in [0.3, 0.4) is 0 Å². The smallest absolute Gasteiger partial charge is 0.323 e. The van der Waals surface area contributed by atoms with E-state index in [9.17, 15) is 18.8 Å². The predicted molar refractivity (Wildman–Crippen MR) is 83.6 cm³/mol. The van der Waals surface area contributed by atoms with Gasteiger partial charge in [-0.2, -0.15) is 0 Å². The molecule has 7 heteroatoms. The molecule has 0 amide bonds. The maximum absolute atomic E-state index is 12.9. The molecule has 1 heterocycles. The van der Waals surface area contributed by atoms with E-state index in [-0.39, 0.29) is 5.78 Å². The lowest BCUT2D eigenvalue weighted by Gasteiger charge is -2.03. The molecule has 0 spiro atoms. The van der Waals surface area contributed by atoms with Gasteiger partial charge in [0.05, 0.1) is 10.2 Å². The van der Waals surface area contributed by atoms with Gasteiger partial charge in [0, 0.05) is 11.1 Å². The highest BCUT2D eigenvalue weighted by Gasteiger charge is 2.14. The van der Waals surface area contributed by atoms with Crippen molar-refractivity contribution in [1.29, 1.82) is 0 Å². The van der Waals surface area contributed by atoms with Crippen LogP contribution in [0.25, 0.3) is 10.2 Å². The van der Waals surface area contributed by atoms with Crippen molar-refractivity contribution in [2.75, 3.05) is 0 Å². The van der Waals surface area contributed by atoms with Crippen molar-refractivity contribution < 1.29 is 19.1 Å². The number of nitrogens with zero attached hydrogens (tertiary/aromatic N) is 1. The standard InChI is InChI=1S/C16H10FNO4S/c17-11-4-1-9(2-5-11)15(21)10-3-6-12-13(7-10)23-16(22)18(12)8-14(19)20/h1-7H,8H2,(H,19,20). The zero-order valence-electron chi connectivity index (χ0n) is 11.7. The first-order chi connectivity index (χ1) is 11.0. The van der Waals surface area contributed by atoms with Crippen molar-refractivity contribution in [3.8, 4) is 0 Å². The second-order valence-corrected chi connectivity index (χ2v) is 5.86. The van der Waals surface area contributed by atoms with Crippen LogP contribution in [0, 0.1) is 5.82 Å². The van der Waals surface area contributed by atoms with Crippen LogP contribution in [0.2, 0.25) is 0 Å². The molecule has 0 fully saturated rings. The third-order valence-electron chi connectivity index (χ3n) is 3.33. The first-order valence-electron chi connectivity index (χ1n) is 6.61. The number of carbonyl (C=O) groups excluding carboxylic acids is 1. The van der Waals surface area contributed by atoms with E-state index in [0.29, 0.717) is 21.3 Å². The molecule has 0 aliphatic carbocycles. The molecule has 0 radical (unpaired) electrons. The average Bonchev–Trinajstić information content (AvgIpc) is 2.82. The minimum atomic E-state index is -1.11. The molecular weight excluding hydrogens is 321 g/mol. The molecule has 0 saturated heterocycles. The van der Waals surface area contributed by atoms with Crippen molar-refractivity contribution in [3.05, 3.63) is 69.1 Å². The summed E-state index contributed by atoms with van der Waals surface area (Å²) in [5.41, 5.74) is 1.16. The second kappa shape index (κ2) is 5.77. The van der Waals surface area contributed by atoms with Crippen LogP contribution < -0.4 is 4.87 Å². The van der Waals surface area contributed by atoms with Crippen LogP contribution in [0.5, 0.6) is 0 Å². The van der Waals surface area contributed by atoms with E-state index in [4.69, 9.17) is 5.11 Å². The van der Waals surface area contributed by atoms with Crippen LogP contribution in [0.1, 0.15) is 15.9 Å². The molecule has 116 valence electrons. The van der Waals surface area contributed by atoms with Gasteiger partial charge in [0.15, 0.2) is 5.78 Å². The van der Waals surface area contributed by atoms with E-state index in [0.717, 1.165) is 15.9 Å². The molecule has 3 aromatic rings. The third-order valence-corrected chi connectivity index (χ3v) is 4.27. The molecular formula is C16H10FNO4S. The maximum Gasteiger partial charge on any atom is 0.323 e. The lowest BCUT2D eigenvalue weighted by Crippen LogP contribution is -2.18. The monoisotopic (exact) mass is 331 g/mol. The van der Waals surface area contributed by atoms with E-state index in [2.05, 4.69) is 0 Å². The summed E-state index contributed by atoms with van der Waals surface area (Å²) >= 11 is 0.882. The number of aliphatic carboxylic acids is 1. The van der Waals surface area contributed by atoms with Crippen molar-refractivity contribution >= 4 is 33.3 Å². The first-order valence-corrected chi connectivity index (χ1v) is 7.43. The van der Waals surface area contributed by atoms with Gasteiger partial charge in [0.1, 0.15) is 12.4 Å². The minimum Gasteiger partial charge on any atom is -0.480 e. The summed E-state index contributed by atoms with van der Waals surface area (Å²) < 4.78 is 14.6. The van der Waals surface area contributed by atoms with E-state index in [1.165, 1.54) is 30.3 Å². The fraction of sp³-hybridized carbons (Fsp3) is 0.0625. The molecule has 5 nitrogen and oxygen atoms in total. The topological polar surface area (TPSA) is 76.4 Å². The Labute approximate surface area is 133 Å². The number of thiazole rings is 1. The van der Waals surface area contributed by atoms with Gasteiger partial charge in [-0.3, -0.25) is 19.0 Å². The number of aromatic nitrogens is 1. The lowest BCUT2D eigenvalue weighted by molar-refractivity contribution is -0.137. The number of hydrogen-bond acceptors (Lipinski definition) is 4. The SMILES string of the molecule is O=C(O)Cn1c(=O)sc2cc(C(=O)c3ccc(F)cc3)ccc21. The predicted octanol–water partition coefficient (Wildman–Crippen LogP) is 2.52. The Morgan fingerprint density at radius 3 is 2.39 bits per heavy atom. The molecule has 1 aromatic heterocycles. The van der Waals surface area contributed by atoms with Crippen molar-refractivity contribution in [1.82, 2.24) is 4.57 Å². The molecule has 0 unspecified atom stereocenters. The highest BCUT2D eigenvalue weighted by atomic mass is 32.1. The number of benzene rings is 2. The van der Waals surface area contributed by atoms with Gasteiger partial charge in [0.2, 0.25) is 0 Å². The summed E-state index contributed by atoms with van der Waals surface area (Å²) in [7, 11) is 0. The number of fused-ring (bicyclic) bond motifs is 1. The zero-order valence-corrected chi connectivity index (χ0v) is 12.5. The Bertz CT molecular complexity index is 972.